The molecule has 0 radical (unpaired) electrons. The molecule has 0 aliphatic carbocycles. The molecule has 0 aromatic heterocycles. The van der Waals surface area contributed by atoms with E-state index in [1.807, 2.05) is 0 Å². The van der Waals surface area contributed by atoms with Crippen molar-refractivity contribution >= 4 is 23.3 Å². The molecule has 0 aromatic carbocycles. The standard InChI is InChI=1S/C5H8N2O2S/c8-5(9)7-2-1-6-4(10)3-7/h1-3H2,(H,6,10)(H,8,9). The van der Waals surface area contributed by atoms with Gasteiger partial charge in [0.2, 0.25) is 0 Å². The van der Waals surface area contributed by atoms with Crippen molar-refractivity contribution in [2.75, 3.05) is 19.6 Å². The molecule has 1 saturated heterocycles. The molecule has 10 heavy (non-hydrogen) atoms. The Morgan fingerprint density at radius 2 is 2.50 bits per heavy atom. The van der Waals surface area contributed by atoms with Gasteiger partial charge in [0.25, 0.3) is 0 Å². The lowest BCUT2D eigenvalue weighted by atomic mass is 10.4. The van der Waals surface area contributed by atoms with Crippen LogP contribution in [0.1, 0.15) is 0 Å². The second-order valence-electron chi connectivity index (χ2n) is 2.05. The predicted octanol–water partition coefficient (Wildman–Crippen LogP) is -0.103. The van der Waals surface area contributed by atoms with Crippen LogP contribution < -0.4 is 5.32 Å². The second kappa shape index (κ2) is 2.83. The lowest BCUT2D eigenvalue weighted by Gasteiger charge is -2.25. The van der Waals surface area contributed by atoms with Crippen molar-refractivity contribution in [1.82, 2.24) is 10.2 Å². The molecule has 0 bridgehead atoms. The molecule has 0 saturated carbocycles. The lowest BCUT2D eigenvalue weighted by Crippen LogP contribution is -2.48. The fourth-order valence-corrected chi connectivity index (χ4v) is 1.06. The Bertz CT molecular complexity index is 169. The monoisotopic (exact) mass is 160 g/mol. The zero-order valence-electron chi connectivity index (χ0n) is 5.33. The largest absolute Gasteiger partial charge is 0.465 e. The van der Waals surface area contributed by atoms with Gasteiger partial charge >= 0.3 is 6.09 Å². The molecule has 0 spiro atoms. The molecule has 5 heteroatoms. The van der Waals surface area contributed by atoms with Gasteiger partial charge in [-0.15, -0.1) is 0 Å². The first-order valence-electron chi connectivity index (χ1n) is 2.95. The van der Waals surface area contributed by atoms with Crippen LogP contribution in [0.4, 0.5) is 4.79 Å². The van der Waals surface area contributed by atoms with Crippen molar-refractivity contribution in [1.29, 1.82) is 0 Å². The number of nitrogens with zero attached hydrogens (tertiary/aromatic N) is 1. The summed E-state index contributed by atoms with van der Waals surface area (Å²) in [5.74, 6) is 0. The fraction of sp³-hybridized carbons (Fsp3) is 0.600. The summed E-state index contributed by atoms with van der Waals surface area (Å²) in [5, 5.41) is 11.4. The number of amides is 1. The van der Waals surface area contributed by atoms with E-state index in [1.54, 1.807) is 0 Å². The maximum atomic E-state index is 10.3. The molecule has 0 unspecified atom stereocenters. The van der Waals surface area contributed by atoms with Crippen molar-refractivity contribution in [3.8, 4) is 0 Å². The molecule has 56 valence electrons. The minimum atomic E-state index is -0.899. The highest BCUT2D eigenvalue weighted by atomic mass is 32.1. The van der Waals surface area contributed by atoms with Crippen LogP contribution >= 0.6 is 12.2 Å². The number of carboxylic acid groups (broad SMARTS) is 1. The Labute approximate surface area is 63.8 Å². The number of carbonyl (C=O) groups is 1. The second-order valence-corrected chi connectivity index (χ2v) is 2.55. The number of hydrogen-bond donors (Lipinski definition) is 2. The van der Waals surface area contributed by atoms with E-state index in [9.17, 15) is 4.79 Å². The Hall–Kier alpha value is -0.840. The number of hydrogen-bond acceptors (Lipinski definition) is 2. The van der Waals surface area contributed by atoms with Crippen LogP contribution in [0.5, 0.6) is 0 Å². The van der Waals surface area contributed by atoms with Gasteiger partial charge in [0, 0.05) is 13.1 Å². The number of nitrogens with one attached hydrogen (secondary N) is 1. The summed E-state index contributed by atoms with van der Waals surface area (Å²) in [6, 6.07) is 0. The molecule has 2 N–H and O–H groups in total. The van der Waals surface area contributed by atoms with Crippen LogP contribution in [0, 0.1) is 0 Å². The predicted molar refractivity (Wildman–Crippen MR) is 40.2 cm³/mol. The van der Waals surface area contributed by atoms with Crippen molar-refractivity contribution in [3.05, 3.63) is 0 Å². The maximum absolute atomic E-state index is 10.3. The van der Waals surface area contributed by atoms with Gasteiger partial charge in [-0.1, -0.05) is 12.2 Å². The molecule has 1 heterocycles. The minimum absolute atomic E-state index is 0.338. The smallest absolute Gasteiger partial charge is 0.407 e. The van der Waals surface area contributed by atoms with Gasteiger partial charge in [0.1, 0.15) is 0 Å². The normalized spacial score (nSPS) is 18.4. The topological polar surface area (TPSA) is 52.6 Å². The highest BCUT2D eigenvalue weighted by Gasteiger charge is 2.16. The van der Waals surface area contributed by atoms with Gasteiger partial charge in [-0.25, -0.2) is 4.79 Å². The molecule has 0 aromatic rings. The molecule has 1 aliphatic rings. The van der Waals surface area contributed by atoms with E-state index in [1.165, 1.54) is 4.90 Å². The van der Waals surface area contributed by atoms with E-state index in [2.05, 4.69) is 5.32 Å². The van der Waals surface area contributed by atoms with Crippen LogP contribution in [0.2, 0.25) is 0 Å². The van der Waals surface area contributed by atoms with E-state index < -0.39 is 6.09 Å². The first-order valence-corrected chi connectivity index (χ1v) is 3.35. The van der Waals surface area contributed by atoms with Gasteiger partial charge in [-0.05, 0) is 0 Å². The first kappa shape index (κ1) is 7.27. The fourth-order valence-electron chi connectivity index (χ4n) is 0.802. The molecule has 1 amide bonds. The minimum Gasteiger partial charge on any atom is -0.465 e. The molecular formula is C5H8N2O2S. The summed E-state index contributed by atoms with van der Waals surface area (Å²) in [6.07, 6.45) is -0.899. The zero-order chi connectivity index (χ0) is 7.56. The van der Waals surface area contributed by atoms with Crippen molar-refractivity contribution < 1.29 is 9.90 Å². The number of piperazine rings is 1. The van der Waals surface area contributed by atoms with Crippen molar-refractivity contribution in [3.63, 3.8) is 0 Å². The summed E-state index contributed by atoms with van der Waals surface area (Å²) in [5.41, 5.74) is 0. The van der Waals surface area contributed by atoms with Gasteiger partial charge in [-0.3, -0.25) is 4.90 Å². The van der Waals surface area contributed by atoms with Crippen LogP contribution in [0.25, 0.3) is 0 Å². The van der Waals surface area contributed by atoms with Crippen LogP contribution in [0.15, 0.2) is 0 Å². The van der Waals surface area contributed by atoms with E-state index in [4.69, 9.17) is 17.3 Å². The third kappa shape index (κ3) is 1.57. The zero-order valence-corrected chi connectivity index (χ0v) is 6.15. The van der Waals surface area contributed by atoms with Crippen molar-refractivity contribution in [2.24, 2.45) is 0 Å². The summed E-state index contributed by atoms with van der Waals surface area (Å²) >= 11 is 4.79. The highest BCUT2D eigenvalue weighted by Crippen LogP contribution is 1.93. The van der Waals surface area contributed by atoms with Crippen LogP contribution in [-0.2, 0) is 0 Å². The van der Waals surface area contributed by atoms with Gasteiger partial charge < -0.3 is 10.4 Å². The third-order valence-corrected chi connectivity index (χ3v) is 1.58. The molecule has 0 atom stereocenters. The van der Waals surface area contributed by atoms with Crippen LogP contribution in [0.3, 0.4) is 0 Å². The summed E-state index contributed by atoms with van der Waals surface area (Å²) in [4.78, 5) is 12.2. The van der Waals surface area contributed by atoms with Gasteiger partial charge in [0.05, 0.1) is 11.5 Å². The van der Waals surface area contributed by atoms with E-state index >= 15 is 0 Å². The Kier molecular flexibility index (Phi) is 2.06. The number of thiocarbonyl (C=S) groups is 1. The summed E-state index contributed by atoms with van der Waals surface area (Å²) in [7, 11) is 0. The number of rotatable bonds is 0. The van der Waals surface area contributed by atoms with Gasteiger partial charge in [0.15, 0.2) is 0 Å². The van der Waals surface area contributed by atoms with Gasteiger partial charge in [-0.2, -0.15) is 0 Å². The highest BCUT2D eigenvalue weighted by molar-refractivity contribution is 7.80. The molecule has 1 fully saturated rings. The SMILES string of the molecule is O=C(O)N1CCNC(=S)C1. The summed E-state index contributed by atoms with van der Waals surface area (Å²) in [6.45, 7) is 1.49. The quantitative estimate of drug-likeness (QED) is 0.486. The molecular weight excluding hydrogens is 152 g/mol. The summed E-state index contributed by atoms with van der Waals surface area (Å²) < 4.78 is 0. The van der Waals surface area contributed by atoms with E-state index in [0.717, 1.165) is 0 Å². The Balaban J connectivity index is 2.47. The van der Waals surface area contributed by atoms with Crippen molar-refractivity contribution in [2.45, 2.75) is 0 Å². The Morgan fingerprint density at radius 3 is 2.90 bits per heavy atom. The average molecular weight is 160 g/mol. The van der Waals surface area contributed by atoms with E-state index in [0.29, 0.717) is 24.6 Å². The molecule has 1 rings (SSSR count). The first-order chi connectivity index (χ1) is 4.70. The average Bonchev–Trinajstić information content (AvgIpc) is 1.88. The maximum Gasteiger partial charge on any atom is 0.407 e. The van der Waals surface area contributed by atoms with E-state index in [-0.39, 0.29) is 0 Å². The third-order valence-electron chi connectivity index (χ3n) is 1.31. The Morgan fingerprint density at radius 1 is 1.80 bits per heavy atom. The van der Waals surface area contributed by atoms with Crippen LogP contribution in [-0.4, -0.2) is 40.7 Å². The molecule has 4 nitrogen and oxygen atoms in total. The lowest BCUT2D eigenvalue weighted by molar-refractivity contribution is 0.150. The molecule has 1 aliphatic heterocycles.